The van der Waals surface area contributed by atoms with Gasteiger partial charge in [0.25, 0.3) is 0 Å². The lowest BCUT2D eigenvalue weighted by Crippen LogP contribution is -2.33. The van der Waals surface area contributed by atoms with Gasteiger partial charge in [0.2, 0.25) is 0 Å². The molecule has 0 amide bonds. The molecule has 0 saturated carbocycles. The van der Waals surface area contributed by atoms with Gasteiger partial charge in [0, 0.05) is 12.8 Å². The molecule has 1 fully saturated rings. The van der Waals surface area contributed by atoms with Crippen LogP contribution in [0.5, 0.6) is 0 Å². The quantitative estimate of drug-likeness (QED) is 0.811. The van der Waals surface area contributed by atoms with Gasteiger partial charge in [-0.15, -0.1) is 0 Å². The van der Waals surface area contributed by atoms with E-state index in [0.29, 0.717) is 26.1 Å². The van der Waals surface area contributed by atoms with Crippen molar-refractivity contribution < 1.29 is 19.4 Å². The van der Waals surface area contributed by atoms with Crippen molar-refractivity contribution in [2.45, 2.75) is 45.2 Å². The fourth-order valence-electron chi connectivity index (χ4n) is 2.60. The molecule has 4 nitrogen and oxygen atoms in total. The standard InChI is InChI=1S/C16H22O4/c1-16(2)13(10-15(18)20-16)14(17)8-9-19-11-12-6-4-3-5-7-12/h3-7,13,15,18H,8-11H2,1-2H3/t13-,15?/m1/s1. The summed E-state index contributed by atoms with van der Waals surface area (Å²) in [5.74, 6) is -0.155. The van der Waals surface area contributed by atoms with Crippen molar-refractivity contribution >= 4 is 5.78 Å². The number of rotatable bonds is 6. The average molecular weight is 278 g/mol. The van der Waals surface area contributed by atoms with Gasteiger partial charge in [-0.1, -0.05) is 30.3 Å². The van der Waals surface area contributed by atoms with Gasteiger partial charge in [0.1, 0.15) is 5.78 Å². The molecule has 110 valence electrons. The molecule has 1 N–H and O–H groups in total. The maximum absolute atomic E-state index is 12.1. The summed E-state index contributed by atoms with van der Waals surface area (Å²) in [6.07, 6.45) is -0.0918. The van der Waals surface area contributed by atoms with Gasteiger partial charge in [-0.25, -0.2) is 0 Å². The zero-order valence-corrected chi connectivity index (χ0v) is 12.0. The molecule has 1 aromatic rings. The van der Waals surface area contributed by atoms with Crippen LogP contribution in [-0.2, 0) is 20.9 Å². The fraction of sp³-hybridized carbons (Fsp3) is 0.562. The number of aliphatic hydroxyl groups excluding tert-OH is 1. The summed E-state index contributed by atoms with van der Waals surface area (Å²) in [7, 11) is 0. The van der Waals surface area contributed by atoms with Crippen LogP contribution in [0.2, 0.25) is 0 Å². The molecule has 1 aliphatic heterocycles. The Morgan fingerprint density at radius 3 is 2.70 bits per heavy atom. The normalized spacial score (nSPS) is 24.8. The highest BCUT2D eigenvalue weighted by Crippen LogP contribution is 2.35. The number of benzene rings is 1. The van der Waals surface area contributed by atoms with Crippen molar-refractivity contribution in [2.75, 3.05) is 6.61 Å². The summed E-state index contributed by atoms with van der Waals surface area (Å²) in [4.78, 5) is 12.1. The first kappa shape index (κ1) is 15.2. The van der Waals surface area contributed by atoms with E-state index in [4.69, 9.17) is 9.47 Å². The summed E-state index contributed by atoms with van der Waals surface area (Å²) in [5, 5.41) is 9.50. The van der Waals surface area contributed by atoms with Crippen molar-refractivity contribution in [2.24, 2.45) is 5.92 Å². The lowest BCUT2D eigenvalue weighted by Gasteiger charge is -2.24. The molecule has 2 atom stereocenters. The van der Waals surface area contributed by atoms with E-state index in [0.717, 1.165) is 5.56 Å². The second-order valence-corrected chi connectivity index (χ2v) is 5.72. The lowest BCUT2D eigenvalue weighted by molar-refractivity contribution is -0.138. The molecule has 0 radical (unpaired) electrons. The molecule has 1 aliphatic rings. The van der Waals surface area contributed by atoms with Crippen molar-refractivity contribution in [3.05, 3.63) is 35.9 Å². The number of ketones is 1. The third-order valence-corrected chi connectivity index (χ3v) is 3.71. The number of hydrogen-bond donors (Lipinski definition) is 1. The third-order valence-electron chi connectivity index (χ3n) is 3.71. The Balaban J connectivity index is 1.73. The van der Waals surface area contributed by atoms with E-state index >= 15 is 0 Å². The maximum atomic E-state index is 12.1. The smallest absolute Gasteiger partial charge is 0.156 e. The highest BCUT2D eigenvalue weighted by atomic mass is 16.6. The lowest BCUT2D eigenvalue weighted by atomic mass is 9.86. The van der Waals surface area contributed by atoms with Crippen LogP contribution in [0.3, 0.4) is 0 Å². The molecule has 0 bridgehead atoms. The van der Waals surface area contributed by atoms with Crippen LogP contribution in [0.15, 0.2) is 30.3 Å². The van der Waals surface area contributed by atoms with Crippen LogP contribution < -0.4 is 0 Å². The minimum atomic E-state index is -0.829. The Morgan fingerprint density at radius 1 is 1.40 bits per heavy atom. The number of hydrogen-bond acceptors (Lipinski definition) is 4. The zero-order chi connectivity index (χ0) is 14.6. The molecular formula is C16H22O4. The van der Waals surface area contributed by atoms with E-state index in [1.54, 1.807) is 0 Å². The van der Waals surface area contributed by atoms with Gasteiger partial charge in [0.05, 0.1) is 24.7 Å². The van der Waals surface area contributed by atoms with Crippen molar-refractivity contribution in [3.63, 3.8) is 0 Å². The molecule has 0 aliphatic carbocycles. The first-order chi connectivity index (χ1) is 9.49. The van der Waals surface area contributed by atoms with E-state index in [1.165, 1.54) is 0 Å². The number of Topliss-reactive ketones (excluding diaryl/α,β-unsaturated/α-hetero) is 1. The topological polar surface area (TPSA) is 55.8 Å². The number of carbonyl (C=O) groups excluding carboxylic acids is 1. The Kier molecular flexibility index (Phi) is 4.91. The van der Waals surface area contributed by atoms with Crippen LogP contribution in [-0.4, -0.2) is 29.4 Å². The average Bonchev–Trinajstić information content (AvgIpc) is 2.69. The highest BCUT2D eigenvalue weighted by Gasteiger charge is 2.44. The number of carbonyl (C=O) groups is 1. The van der Waals surface area contributed by atoms with Crippen LogP contribution in [0.25, 0.3) is 0 Å². The molecule has 1 saturated heterocycles. The predicted molar refractivity (Wildman–Crippen MR) is 75.0 cm³/mol. The Labute approximate surface area is 119 Å². The van der Waals surface area contributed by atoms with E-state index in [1.807, 2.05) is 44.2 Å². The van der Waals surface area contributed by atoms with Crippen LogP contribution in [0, 0.1) is 5.92 Å². The highest BCUT2D eigenvalue weighted by molar-refractivity contribution is 5.82. The summed E-state index contributed by atoms with van der Waals surface area (Å²) in [6, 6.07) is 9.87. The fourth-order valence-corrected chi connectivity index (χ4v) is 2.60. The second-order valence-electron chi connectivity index (χ2n) is 5.72. The van der Waals surface area contributed by atoms with Gasteiger partial charge in [-0.3, -0.25) is 4.79 Å². The van der Waals surface area contributed by atoms with Crippen molar-refractivity contribution in [3.8, 4) is 0 Å². The molecule has 0 aromatic heterocycles. The van der Waals surface area contributed by atoms with Crippen LogP contribution >= 0.6 is 0 Å². The van der Waals surface area contributed by atoms with Crippen LogP contribution in [0.1, 0.15) is 32.3 Å². The summed E-state index contributed by atoms with van der Waals surface area (Å²) in [5.41, 5.74) is 0.510. The minimum Gasteiger partial charge on any atom is -0.376 e. The number of aliphatic hydroxyl groups is 1. The van der Waals surface area contributed by atoms with Crippen molar-refractivity contribution in [1.29, 1.82) is 0 Å². The molecular weight excluding hydrogens is 256 g/mol. The largest absolute Gasteiger partial charge is 0.376 e. The number of ether oxygens (including phenoxy) is 2. The third kappa shape index (κ3) is 3.88. The zero-order valence-electron chi connectivity index (χ0n) is 12.0. The summed E-state index contributed by atoms with van der Waals surface area (Å²) < 4.78 is 10.9. The first-order valence-corrected chi connectivity index (χ1v) is 6.99. The molecule has 20 heavy (non-hydrogen) atoms. The van der Waals surface area contributed by atoms with Gasteiger partial charge in [-0.2, -0.15) is 0 Å². The molecule has 4 heteroatoms. The molecule has 0 spiro atoms. The molecule has 2 rings (SSSR count). The predicted octanol–water partition coefficient (Wildman–Crippen LogP) is 2.30. The molecule has 1 heterocycles. The second kappa shape index (κ2) is 6.48. The summed E-state index contributed by atoms with van der Waals surface area (Å²) >= 11 is 0. The van der Waals surface area contributed by atoms with Crippen molar-refractivity contribution in [1.82, 2.24) is 0 Å². The van der Waals surface area contributed by atoms with Gasteiger partial charge in [0.15, 0.2) is 6.29 Å². The SMILES string of the molecule is CC1(C)OC(O)C[C@@H]1C(=O)CCOCc1ccccc1. The molecule has 1 aromatic carbocycles. The van der Waals surface area contributed by atoms with E-state index in [9.17, 15) is 9.90 Å². The van der Waals surface area contributed by atoms with E-state index in [2.05, 4.69) is 0 Å². The first-order valence-electron chi connectivity index (χ1n) is 6.99. The van der Waals surface area contributed by atoms with E-state index < -0.39 is 11.9 Å². The Bertz CT molecular complexity index is 441. The van der Waals surface area contributed by atoms with E-state index in [-0.39, 0.29) is 11.7 Å². The Hall–Kier alpha value is -1.23. The maximum Gasteiger partial charge on any atom is 0.156 e. The minimum absolute atomic E-state index is 0.0969. The van der Waals surface area contributed by atoms with Gasteiger partial charge >= 0.3 is 0 Å². The monoisotopic (exact) mass is 278 g/mol. The Morgan fingerprint density at radius 2 is 2.10 bits per heavy atom. The summed E-state index contributed by atoms with van der Waals surface area (Å²) in [6.45, 7) is 4.60. The molecule has 1 unspecified atom stereocenters. The van der Waals surface area contributed by atoms with Gasteiger partial charge in [-0.05, 0) is 19.4 Å². The van der Waals surface area contributed by atoms with Gasteiger partial charge < -0.3 is 14.6 Å². The van der Waals surface area contributed by atoms with Crippen LogP contribution in [0.4, 0.5) is 0 Å².